The van der Waals surface area contributed by atoms with E-state index < -0.39 is 0 Å². The Labute approximate surface area is 82.3 Å². The van der Waals surface area contributed by atoms with Crippen LogP contribution in [0.2, 0.25) is 0 Å². The van der Waals surface area contributed by atoms with Gasteiger partial charge in [0.25, 0.3) is 5.91 Å². The van der Waals surface area contributed by atoms with Gasteiger partial charge in [-0.3, -0.25) is 9.89 Å². The number of rotatable bonds is 5. The van der Waals surface area contributed by atoms with Crippen molar-refractivity contribution >= 4 is 5.91 Å². The van der Waals surface area contributed by atoms with Crippen LogP contribution in [0, 0.1) is 0 Å². The minimum atomic E-state index is -0.0728. The van der Waals surface area contributed by atoms with Crippen LogP contribution in [0.5, 0.6) is 0 Å². The van der Waals surface area contributed by atoms with Gasteiger partial charge in [-0.05, 0) is 12.8 Å². The number of nitrogens with one attached hydrogen (secondary N) is 3. The molecule has 2 rings (SSSR count). The molecule has 0 aliphatic heterocycles. The van der Waals surface area contributed by atoms with Gasteiger partial charge in [0.1, 0.15) is 0 Å². The Balaban J connectivity index is 1.62. The standard InChI is InChI=1S/C9H14N4O/c14-9(7-5-12-13-6-7)11-4-3-10-8-1-2-8/h5-6,8,10H,1-4H2,(H,11,14)(H,12,13). The van der Waals surface area contributed by atoms with Gasteiger partial charge in [0.2, 0.25) is 0 Å². The molecule has 1 aliphatic rings. The number of H-pyrrole nitrogens is 1. The Hall–Kier alpha value is -1.36. The van der Waals surface area contributed by atoms with Gasteiger partial charge in [0.05, 0.1) is 11.8 Å². The van der Waals surface area contributed by atoms with E-state index in [9.17, 15) is 4.79 Å². The fourth-order valence-corrected chi connectivity index (χ4v) is 1.22. The van der Waals surface area contributed by atoms with Crippen LogP contribution in [0.15, 0.2) is 12.4 Å². The third-order valence-corrected chi connectivity index (χ3v) is 2.18. The lowest BCUT2D eigenvalue weighted by atomic mass is 10.3. The SMILES string of the molecule is O=C(NCCNC1CC1)c1cn[nH]c1. The van der Waals surface area contributed by atoms with Crippen molar-refractivity contribution < 1.29 is 4.79 Å². The number of amides is 1. The summed E-state index contributed by atoms with van der Waals surface area (Å²) in [5.41, 5.74) is 0.580. The second-order valence-electron chi connectivity index (χ2n) is 3.47. The molecular formula is C9H14N4O. The lowest BCUT2D eigenvalue weighted by Crippen LogP contribution is -2.32. The molecule has 0 bridgehead atoms. The quantitative estimate of drug-likeness (QED) is 0.573. The van der Waals surface area contributed by atoms with Gasteiger partial charge in [-0.1, -0.05) is 0 Å². The van der Waals surface area contributed by atoms with Crippen molar-refractivity contribution in [3.63, 3.8) is 0 Å². The number of aromatic nitrogens is 2. The highest BCUT2D eigenvalue weighted by atomic mass is 16.1. The predicted octanol–water partition coefficient (Wildman–Crippen LogP) is -0.108. The molecule has 3 N–H and O–H groups in total. The Kier molecular flexibility index (Phi) is 2.78. The maximum absolute atomic E-state index is 11.4. The molecule has 0 aromatic carbocycles. The lowest BCUT2D eigenvalue weighted by Gasteiger charge is -2.03. The molecule has 1 fully saturated rings. The molecule has 0 radical (unpaired) electrons. The number of hydrogen-bond donors (Lipinski definition) is 3. The summed E-state index contributed by atoms with van der Waals surface area (Å²) in [5.74, 6) is -0.0728. The van der Waals surface area contributed by atoms with Gasteiger partial charge in [-0.25, -0.2) is 0 Å². The van der Waals surface area contributed by atoms with Crippen LogP contribution in [-0.4, -0.2) is 35.2 Å². The molecule has 5 heteroatoms. The van der Waals surface area contributed by atoms with Crippen LogP contribution in [-0.2, 0) is 0 Å². The monoisotopic (exact) mass is 194 g/mol. The number of nitrogens with zero attached hydrogens (tertiary/aromatic N) is 1. The van der Waals surface area contributed by atoms with Crippen LogP contribution in [0.25, 0.3) is 0 Å². The van der Waals surface area contributed by atoms with E-state index in [1.807, 2.05) is 0 Å². The molecule has 1 aromatic heterocycles. The van der Waals surface area contributed by atoms with Crippen LogP contribution in [0.3, 0.4) is 0 Å². The number of carbonyl (C=O) groups excluding carboxylic acids is 1. The zero-order chi connectivity index (χ0) is 9.80. The van der Waals surface area contributed by atoms with Crippen molar-refractivity contribution in [1.82, 2.24) is 20.8 Å². The summed E-state index contributed by atoms with van der Waals surface area (Å²) in [4.78, 5) is 11.4. The summed E-state index contributed by atoms with van der Waals surface area (Å²) < 4.78 is 0. The largest absolute Gasteiger partial charge is 0.351 e. The van der Waals surface area contributed by atoms with Crippen LogP contribution in [0.4, 0.5) is 0 Å². The zero-order valence-corrected chi connectivity index (χ0v) is 7.92. The molecule has 1 amide bonds. The topological polar surface area (TPSA) is 69.8 Å². The van der Waals surface area contributed by atoms with Gasteiger partial charge in [-0.2, -0.15) is 5.10 Å². The number of aromatic amines is 1. The first-order chi connectivity index (χ1) is 6.86. The van der Waals surface area contributed by atoms with Crippen LogP contribution >= 0.6 is 0 Å². The van der Waals surface area contributed by atoms with Crippen LogP contribution in [0.1, 0.15) is 23.2 Å². The first kappa shape index (κ1) is 9.21. The van der Waals surface area contributed by atoms with Crippen molar-refractivity contribution in [1.29, 1.82) is 0 Å². The Morgan fingerprint density at radius 1 is 1.57 bits per heavy atom. The van der Waals surface area contributed by atoms with Crippen molar-refractivity contribution in [2.45, 2.75) is 18.9 Å². The molecular weight excluding hydrogens is 180 g/mol. The van der Waals surface area contributed by atoms with Gasteiger partial charge in [0, 0.05) is 25.3 Å². The lowest BCUT2D eigenvalue weighted by molar-refractivity contribution is 0.0954. The van der Waals surface area contributed by atoms with E-state index in [1.54, 1.807) is 6.20 Å². The van der Waals surface area contributed by atoms with Gasteiger partial charge < -0.3 is 10.6 Å². The van der Waals surface area contributed by atoms with E-state index in [1.165, 1.54) is 19.0 Å². The molecule has 0 unspecified atom stereocenters. The third-order valence-electron chi connectivity index (χ3n) is 2.18. The minimum absolute atomic E-state index is 0.0728. The summed E-state index contributed by atoms with van der Waals surface area (Å²) in [7, 11) is 0. The molecule has 0 spiro atoms. The predicted molar refractivity (Wildman–Crippen MR) is 51.9 cm³/mol. The average molecular weight is 194 g/mol. The van der Waals surface area contributed by atoms with E-state index >= 15 is 0 Å². The second kappa shape index (κ2) is 4.23. The van der Waals surface area contributed by atoms with Crippen molar-refractivity contribution in [3.8, 4) is 0 Å². The van der Waals surface area contributed by atoms with E-state index in [0.717, 1.165) is 6.54 Å². The second-order valence-corrected chi connectivity index (χ2v) is 3.47. The zero-order valence-electron chi connectivity index (χ0n) is 7.92. The maximum atomic E-state index is 11.4. The Morgan fingerprint density at radius 2 is 2.43 bits per heavy atom. The fourth-order valence-electron chi connectivity index (χ4n) is 1.22. The first-order valence-corrected chi connectivity index (χ1v) is 4.86. The molecule has 76 valence electrons. The van der Waals surface area contributed by atoms with Gasteiger partial charge >= 0.3 is 0 Å². The molecule has 14 heavy (non-hydrogen) atoms. The van der Waals surface area contributed by atoms with Crippen molar-refractivity contribution in [2.24, 2.45) is 0 Å². The van der Waals surface area contributed by atoms with Crippen molar-refractivity contribution in [3.05, 3.63) is 18.0 Å². The summed E-state index contributed by atoms with van der Waals surface area (Å²) in [6.07, 6.45) is 5.65. The van der Waals surface area contributed by atoms with Gasteiger partial charge in [0.15, 0.2) is 0 Å². The Bertz CT molecular complexity index is 292. The van der Waals surface area contributed by atoms with E-state index in [4.69, 9.17) is 0 Å². The molecule has 0 atom stereocenters. The first-order valence-electron chi connectivity index (χ1n) is 4.86. The number of carbonyl (C=O) groups is 1. The summed E-state index contributed by atoms with van der Waals surface area (Å²) in [5, 5.41) is 12.4. The highest BCUT2D eigenvalue weighted by Crippen LogP contribution is 2.17. The summed E-state index contributed by atoms with van der Waals surface area (Å²) >= 11 is 0. The summed E-state index contributed by atoms with van der Waals surface area (Å²) in [6.45, 7) is 1.51. The maximum Gasteiger partial charge on any atom is 0.254 e. The third kappa shape index (κ3) is 2.56. The van der Waals surface area contributed by atoms with Crippen molar-refractivity contribution in [2.75, 3.05) is 13.1 Å². The van der Waals surface area contributed by atoms with Gasteiger partial charge in [-0.15, -0.1) is 0 Å². The molecule has 1 aliphatic carbocycles. The van der Waals surface area contributed by atoms with E-state index in [0.29, 0.717) is 18.2 Å². The smallest absolute Gasteiger partial charge is 0.254 e. The molecule has 1 heterocycles. The minimum Gasteiger partial charge on any atom is -0.351 e. The molecule has 1 saturated carbocycles. The summed E-state index contributed by atoms with van der Waals surface area (Å²) in [6, 6.07) is 0.695. The number of hydrogen-bond acceptors (Lipinski definition) is 3. The average Bonchev–Trinajstić information content (AvgIpc) is 2.84. The normalized spacial score (nSPS) is 15.4. The molecule has 1 aromatic rings. The molecule has 5 nitrogen and oxygen atoms in total. The highest BCUT2D eigenvalue weighted by Gasteiger charge is 2.19. The molecule has 0 saturated heterocycles. The van der Waals surface area contributed by atoms with E-state index in [2.05, 4.69) is 20.8 Å². The Morgan fingerprint density at radius 3 is 3.07 bits per heavy atom. The fraction of sp³-hybridized carbons (Fsp3) is 0.556. The van der Waals surface area contributed by atoms with E-state index in [-0.39, 0.29) is 5.91 Å². The highest BCUT2D eigenvalue weighted by molar-refractivity contribution is 5.93. The van der Waals surface area contributed by atoms with Crippen LogP contribution < -0.4 is 10.6 Å².